The van der Waals surface area contributed by atoms with E-state index in [0.29, 0.717) is 13.2 Å². The number of ether oxygens (including phenoxy) is 1. The minimum atomic E-state index is -0.470. The van der Waals surface area contributed by atoms with E-state index in [1.807, 2.05) is 18.2 Å². The fourth-order valence-corrected chi connectivity index (χ4v) is 3.40. The number of aliphatic hydroxyl groups is 1. The second kappa shape index (κ2) is 7.21. The fraction of sp³-hybridized carbons (Fsp3) is 0.647. The largest absolute Gasteiger partial charge is 0.388 e. The molecule has 112 valence electrons. The molecule has 0 saturated heterocycles. The van der Waals surface area contributed by atoms with Crippen molar-refractivity contribution in [1.82, 2.24) is 0 Å². The van der Waals surface area contributed by atoms with E-state index in [2.05, 4.69) is 6.07 Å². The van der Waals surface area contributed by atoms with Crippen molar-refractivity contribution >= 4 is 0 Å². The van der Waals surface area contributed by atoms with E-state index < -0.39 is 6.10 Å². The van der Waals surface area contributed by atoms with Crippen LogP contribution in [0.1, 0.15) is 55.8 Å². The number of nitrogens with two attached hydrogens (primary N) is 1. The van der Waals surface area contributed by atoms with Crippen molar-refractivity contribution in [3.8, 4) is 0 Å². The van der Waals surface area contributed by atoms with Gasteiger partial charge in [-0.2, -0.15) is 0 Å². The van der Waals surface area contributed by atoms with E-state index in [1.54, 1.807) is 7.11 Å². The normalized spacial score (nSPS) is 20.4. The molecule has 1 fully saturated rings. The van der Waals surface area contributed by atoms with Gasteiger partial charge in [0, 0.05) is 19.1 Å². The number of methoxy groups -OCH3 is 1. The first kappa shape index (κ1) is 15.5. The van der Waals surface area contributed by atoms with Gasteiger partial charge in [0.15, 0.2) is 0 Å². The molecule has 0 bridgehead atoms. The maximum absolute atomic E-state index is 10.9. The van der Waals surface area contributed by atoms with Crippen LogP contribution in [0.4, 0.5) is 0 Å². The standard InChI is InChI=1S/C17H27NO2/c1-20-12-14-7-6-8-15(11-14)16(19)17(13-18)9-4-2-3-5-10-17/h6-8,11,16,19H,2-5,9-10,12-13,18H2,1H3. The number of rotatable bonds is 5. The molecule has 3 heteroatoms. The molecule has 3 nitrogen and oxygen atoms in total. The van der Waals surface area contributed by atoms with Gasteiger partial charge in [0.05, 0.1) is 12.7 Å². The molecule has 1 aliphatic carbocycles. The highest BCUT2D eigenvalue weighted by Gasteiger charge is 2.37. The Labute approximate surface area is 122 Å². The molecular weight excluding hydrogens is 250 g/mol. The highest BCUT2D eigenvalue weighted by molar-refractivity contribution is 5.26. The molecule has 0 heterocycles. The number of aliphatic hydroxyl groups excluding tert-OH is 1. The molecule has 1 aromatic rings. The third-order valence-corrected chi connectivity index (χ3v) is 4.66. The first-order chi connectivity index (χ1) is 9.72. The lowest BCUT2D eigenvalue weighted by Gasteiger charge is -2.37. The highest BCUT2D eigenvalue weighted by Crippen LogP contribution is 2.44. The number of benzene rings is 1. The Hall–Kier alpha value is -0.900. The SMILES string of the molecule is COCc1cccc(C(O)C2(CN)CCCCCC2)c1. The Balaban J connectivity index is 2.22. The lowest BCUT2D eigenvalue weighted by molar-refractivity contribution is 0.0165. The molecule has 3 N–H and O–H groups in total. The van der Waals surface area contributed by atoms with Gasteiger partial charge in [0.2, 0.25) is 0 Å². The zero-order valence-electron chi connectivity index (χ0n) is 12.5. The topological polar surface area (TPSA) is 55.5 Å². The number of hydrogen-bond donors (Lipinski definition) is 2. The Morgan fingerprint density at radius 1 is 1.25 bits per heavy atom. The molecule has 0 aliphatic heterocycles. The predicted octanol–water partition coefficient (Wildman–Crippen LogP) is 3.17. The summed E-state index contributed by atoms with van der Waals surface area (Å²) in [5.74, 6) is 0. The van der Waals surface area contributed by atoms with Crippen molar-refractivity contribution < 1.29 is 9.84 Å². The van der Waals surface area contributed by atoms with E-state index in [1.165, 1.54) is 25.7 Å². The van der Waals surface area contributed by atoms with Crippen LogP contribution in [0.2, 0.25) is 0 Å². The molecule has 2 rings (SSSR count). The first-order valence-corrected chi connectivity index (χ1v) is 7.68. The van der Waals surface area contributed by atoms with Crippen molar-refractivity contribution in [3.63, 3.8) is 0 Å². The summed E-state index contributed by atoms with van der Waals surface area (Å²) in [6.45, 7) is 1.14. The third kappa shape index (κ3) is 3.40. The molecule has 20 heavy (non-hydrogen) atoms. The van der Waals surface area contributed by atoms with Crippen LogP contribution in [0.25, 0.3) is 0 Å². The predicted molar refractivity (Wildman–Crippen MR) is 81.3 cm³/mol. The summed E-state index contributed by atoms with van der Waals surface area (Å²) in [4.78, 5) is 0. The minimum absolute atomic E-state index is 0.151. The van der Waals surface area contributed by atoms with Gasteiger partial charge < -0.3 is 15.6 Å². The van der Waals surface area contributed by atoms with Crippen LogP contribution in [-0.2, 0) is 11.3 Å². The van der Waals surface area contributed by atoms with Crippen molar-refractivity contribution in [3.05, 3.63) is 35.4 Å². The van der Waals surface area contributed by atoms with E-state index >= 15 is 0 Å². The van der Waals surface area contributed by atoms with Gasteiger partial charge in [-0.3, -0.25) is 0 Å². The average Bonchev–Trinajstić information content (AvgIpc) is 2.73. The van der Waals surface area contributed by atoms with Gasteiger partial charge in [-0.1, -0.05) is 49.9 Å². The Morgan fingerprint density at radius 3 is 2.55 bits per heavy atom. The molecule has 0 amide bonds. The van der Waals surface area contributed by atoms with Crippen LogP contribution in [-0.4, -0.2) is 18.8 Å². The molecule has 1 atom stereocenters. The maximum atomic E-state index is 10.9. The smallest absolute Gasteiger partial charge is 0.0858 e. The van der Waals surface area contributed by atoms with Gasteiger partial charge in [0.25, 0.3) is 0 Å². The van der Waals surface area contributed by atoms with Crippen LogP contribution in [0, 0.1) is 5.41 Å². The zero-order chi connectivity index (χ0) is 14.4. The molecule has 0 radical (unpaired) electrons. The Kier molecular flexibility index (Phi) is 5.58. The average molecular weight is 277 g/mol. The molecule has 1 saturated carbocycles. The van der Waals surface area contributed by atoms with Gasteiger partial charge in [-0.15, -0.1) is 0 Å². The maximum Gasteiger partial charge on any atom is 0.0858 e. The van der Waals surface area contributed by atoms with Crippen LogP contribution in [0.5, 0.6) is 0 Å². The summed E-state index contributed by atoms with van der Waals surface area (Å²) >= 11 is 0. The van der Waals surface area contributed by atoms with Crippen molar-refractivity contribution in [2.45, 2.75) is 51.2 Å². The number of hydrogen-bond acceptors (Lipinski definition) is 3. The van der Waals surface area contributed by atoms with Crippen molar-refractivity contribution in [2.24, 2.45) is 11.1 Å². The highest BCUT2D eigenvalue weighted by atomic mass is 16.5. The molecule has 1 aliphatic rings. The zero-order valence-corrected chi connectivity index (χ0v) is 12.5. The lowest BCUT2D eigenvalue weighted by Crippen LogP contribution is -2.36. The van der Waals surface area contributed by atoms with Crippen LogP contribution < -0.4 is 5.73 Å². The Bertz CT molecular complexity index is 411. The minimum Gasteiger partial charge on any atom is -0.388 e. The van der Waals surface area contributed by atoms with Crippen LogP contribution in [0.15, 0.2) is 24.3 Å². The molecule has 0 spiro atoms. The summed E-state index contributed by atoms with van der Waals surface area (Å²) in [6, 6.07) is 8.08. The van der Waals surface area contributed by atoms with Crippen molar-refractivity contribution in [1.29, 1.82) is 0 Å². The van der Waals surface area contributed by atoms with Gasteiger partial charge in [0.1, 0.15) is 0 Å². The van der Waals surface area contributed by atoms with Gasteiger partial charge in [-0.05, 0) is 24.0 Å². The summed E-state index contributed by atoms with van der Waals surface area (Å²) < 4.78 is 5.17. The second-order valence-corrected chi connectivity index (χ2v) is 6.06. The van der Waals surface area contributed by atoms with Gasteiger partial charge >= 0.3 is 0 Å². The molecule has 1 aromatic carbocycles. The summed E-state index contributed by atoms with van der Waals surface area (Å²) in [6.07, 6.45) is 6.45. The van der Waals surface area contributed by atoms with Crippen LogP contribution in [0.3, 0.4) is 0 Å². The summed E-state index contributed by atoms with van der Waals surface area (Å²) in [5.41, 5.74) is 7.99. The second-order valence-electron chi connectivity index (χ2n) is 6.06. The van der Waals surface area contributed by atoms with E-state index in [0.717, 1.165) is 24.0 Å². The third-order valence-electron chi connectivity index (χ3n) is 4.66. The quantitative estimate of drug-likeness (QED) is 0.813. The van der Waals surface area contributed by atoms with E-state index in [4.69, 9.17) is 10.5 Å². The summed E-state index contributed by atoms with van der Waals surface area (Å²) in [7, 11) is 1.69. The molecular formula is C17H27NO2. The van der Waals surface area contributed by atoms with Gasteiger partial charge in [-0.25, -0.2) is 0 Å². The molecule has 1 unspecified atom stereocenters. The van der Waals surface area contributed by atoms with Crippen molar-refractivity contribution in [2.75, 3.05) is 13.7 Å². The lowest BCUT2D eigenvalue weighted by atomic mass is 9.73. The molecule has 0 aromatic heterocycles. The monoisotopic (exact) mass is 277 g/mol. The van der Waals surface area contributed by atoms with E-state index in [9.17, 15) is 5.11 Å². The Morgan fingerprint density at radius 2 is 1.95 bits per heavy atom. The first-order valence-electron chi connectivity index (χ1n) is 7.68. The van der Waals surface area contributed by atoms with Crippen LogP contribution >= 0.6 is 0 Å². The fourth-order valence-electron chi connectivity index (χ4n) is 3.40. The van der Waals surface area contributed by atoms with E-state index in [-0.39, 0.29) is 5.41 Å². The summed E-state index contributed by atoms with van der Waals surface area (Å²) in [5, 5.41) is 10.9.